The first-order valence-corrected chi connectivity index (χ1v) is 62.8. The summed E-state index contributed by atoms with van der Waals surface area (Å²) < 4.78 is 0. The van der Waals surface area contributed by atoms with E-state index in [9.17, 15) is 0 Å². The van der Waals surface area contributed by atoms with Gasteiger partial charge in [-0.1, -0.05) is 357 Å². The van der Waals surface area contributed by atoms with Gasteiger partial charge in [-0.2, -0.15) is 0 Å². The molecule has 1 nitrogen and oxygen atoms in total. The molecule has 1 spiro atoms. The van der Waals surface area contributed by atoms with Crippen LogP contribution in [0.4, 0.5) is 0 Å². The molecule has 8 atom stereocenters. The van der Waals surface area contributed by atoms with Crippen LogP contribution in [0.15, 0.2) is 12.2 Å². The molecule has 35 aliphatic rings. The molecule has 8 unspecified atom stereocenters. The lowest BCUT2D eigenvalue weighted by Crippen LogP contribution is -2.44. The second-order valence-corrected chi connectivity index (χ2v) is 49.3. The molecule has 0 radical (unpaired) electrons. The molecular weight excluding hydrogens is 1550 g/mol. The van der Waals surface area contributed by atoms with Gasteiger partial charge >= 0.3 is 0 Å². The van der Waals surface area contributed by atoms with Crippen LogP contribution >= 0.6 is 0 Å². The summed E-state index contributed by atoms with van der Waals surface area (Å²) in [6.45, 7) is 49.2. The van der Waals surface area contributed by atoms with Crippen LogP contribution in [0.2, 0.25) is 0 Å². The summed E-state index contributed by atoms with van der Waals surface area (Å²) in [6, 6.07) is 0. The van der Waals surface area contributed by atoms with Gasteiger partial charge in [0.05, 0.1) is 0 Å². The van der Waals surface area contributed by atoms with Crippen LogP contribution in [-0.4, -0.2) is 24.5 Å². The first-order valence-electron chi connectivity index (χ1n) is 62.8. The normalized spacial score (nSPS) is 43.0. The molecule has 1 heteroatoms. The number of rotatable bonds is 0. The summed E-state index contributed by atoms with van der Waals surface area (Å²) in [7, 11) is 0. The molecule has 3 heterocycles. The molecule has 0 aromatic rings. The maximum Gasteiger partial charge on any atom is -0.00161 e. The number of hydrogen-bond acceptors (Lipinski definition) is 1. The Bertz CT molecular complexity index is 2370. The zero-order chi connectivity index (χ0) is 93.1. The van der Waals surface area contributed by atoms with Crippen molar-refractivity contribution in [3.05, 3.63) is 12.2 Å². The van der Waals surface area contributed by atoms with Gasteiger partial charge in [0.25, 0.3) is 0 Å². The number of piperidine rings is 3. The van der Waals surface area contributed by atoms with Crippen LogP contribution in [0.25, 0.3) is 0 Å². The predicted molar refractivity (Wildman–Crippen MR) is 577 cm³/mol. The summed E-state index contributed by atoms with van der Waals surface area (Å²) in [5, 5.41) is 0. The molecule has 0 aromatic heterocycles. The topological polar surface area (TPSA) is 3.24 Å². The van der Waals surface area contributed by atoms with Crippen LogP contribution in [0.5, 0.6) is 0 Å². The van der Waals surface area contributed by atoms with Crippen molar-refractivity contribution < 1.29 is 0 Å². The van der Waals surface area contributed by atoms with E-state index in [4.69, 9.17) is 0 Å². The van der Waals surface area contributed by atoms with Crippen molar-refractivity contribution in [2.45, 2.75) is 589 Å². The van der Waals surface area contributed by atoms with E-state index in [2.05, 4.69) is 30.9 Å². The van der Waals surface area contributed by atoms with Gasteiger partial charge in [-0.15, -0.1) is 0 Å². The second kappa shape index (κ2) is 62.8. The van der Waals surface area contributed by atoms with Gasteiger partial charge in [-0.25, -0.2) is 0 Å². The third kappa shape index (κ3) is 36.0. The van der Waals surface area contributed by atoms with Crippen molar-refractivity contribution in [2.24, 2.45) is 194 Å². The summed E-state index contributed by atoms with van der Waals surface area (Å²) >= 11 is 0. The minimum atomic E-state index is 0.800. The average Bonchev–Trinajstić information content (AvgIpc) is 1.53. The first-order chi connectivity index (χ1) is 63.4. The van der Waals surface area contributed by atoms with E-state index in [1.807, 2.05) is 138 Å². The molecule has 3 saturated heterocycles. The molecule has 0 N–H and O–H groups in total. The van der Waals surface area contributed by atoms with E-state index in [0.29, 0.717) is 0 Å². The fourth-order valence-electron chi connectivity index (χ4n) is 36.3. The van der Waals surface area contributed by atoms with Gasteiger partial charge in [-0.3, -0.25) is 0 Å². The lowest BCUT2D eigenvalue weighted by molar-refractivity contribution is -0.0411. The van der Waals surface area contributed by atoms with Gasteiger partial charge in [-0.05, 0) is 458 Å². The SMILES string of the molecule is C1=CC2C3CCC(C3)C2C1.C1C2CC3CC1CC(C2)C3.C1C2CC3CC1CC(C2)C3.C1CC2CCC(C1)C2.C1CC2CCC1C2.C1CC2CCC1CC2.C1CC2CCCC(C1)C2.C1CCC2(CC1)CCCC2.C1CCC2CC2C1.C1CN2CCC1CC2.CC.CC.CC.CC.CC.CC.CC.CC.CC.CC.CC12CC3CC(CC(C3)C1)C2.CC1C2CC3CC(C2)CC1C3. The average molecular weight is 1790 g/mol. The second-order valence-electron chi connectivity index (χ2n) is 49.3. The standard InChI is InChI=1S/2C11H18.2C10H16.C10H14.C10H18.C9H16.2C8H14.C7H13N.2C7H12.10C2H6/c1-11-5-8-2-9(6-11)4-10(3-8)7-11;1-7-10-3-8-2-9(5-10)6-11(7)4-8;2*1-7-2-9-4-8(1)5-10(3-7)6-9;1-2-9-7-4-5-8(6-7)10(9)3-1;1-2-6-10(7-3-1)8-4-5-9-10;1-3-8-5-2-6-9(4-1)7-8;1-2-8-5-3-7(1)4-6-8;1-2-7-4-5-8(3-1)6-7;1-4-8-5-2-7(1)3-6-8;1-2-7-4-3-6(1)5-7;1-2-4-7-5-6(7)3-1;10*1-2/h8-10H,2-7H2,1H3;7-11H,2-6H2,1H3;2*7-10H,1-6H2;1-2,7-10H,3-6H2;1-9H2;8-9H,1-7H2;2*7-8H,1-6H2;7H,1-6H2;2*6-7H,1-5H2;10*1-2H3. The molecule has 129 heavy (non-hydrogen) atoms. The first kappa shape index (κ1) is 114. The van der Waals surface area contributed by atoms with Crippen LogP contribution in [0, 0.1) is 194 Å². The largest absolute Gasteiger partial charge is 0.303 e. The molecule has 0 amide bonds. The van der Waals surface area contributed by atoms with Crippen LogP contribution < -0.4 is 0 Å². The van der Waals surface area contributed by atoms with Gasteiger partial charge in [0.2, 0.25) is 0 Å². The highest BCUT2D eigenvalue weighted by Crippen LogP contribution is 2.62. The maximum atomic E-state index is 2.58. The van der Waals surface area contributed by atoms with Crippen molar-refractivity contribution in [2.75, 3.05) is 19.6 Å². The zero-order valence-electron chi connectivity index (χ0n) is 92.7. The highest BCUT2D eigenvalue weighted by Gasteiger charge is 2.51. The van der Waals surface area contributed by atoms with E-state index in [-0.39, 0.29) is 0 Å². The Kier molecular flexibility index (Phi) is 55.5. The maximum absolute atomic E-state index is 2.58. The third-order valence-electron chi connectivity index (χ3n) is 41.1. The molecule has 3 aliphatic heterocycles. The van der Waals surface area contributed by atoms with E-state index in [0.717, 1.165) is 123 Å². The highest BCUT2D eigenvalue weighted by atomic mass is 15.1. The molecule has 0 aromatic carbocycles. The number of hydrogen-bond donors (Lipinski definition) is 0. The van der Waals surface area contributed by atoms with Gasteiger partial charge in [0.15, 0.2) is 0 Å². The molecular formula is C128H241N. The molecule has 34 fully saturated rings. The Morgan fingerprint density at radius 3 is 0.705 bits per heavy atom. The summed E-state index contributed by atoms with van der Waals surface area (Å²) in [4.78, 5) is 2.58. The monoisotopic (exact) mass is 1790 g/mol. The van der Waals surface area contributed by atoms with Gasteiger partial charge in [0, 0.05) is 0 Å². The summed E-state index contributed by atoms with van der Waals surface area (Å²) in [6.07, 6.45) is 111. The predicted octanol–water partition coefficient (Wildman–Crippen LogP) is 42.0. The smallest absolute Gasteiger partial charge is 0.00161 e. The molecule has 758 valence electrons. The van der Waals surface area contributed by atoms with Crippen molar-refractivity contribution >= 4 is 0 Å². The van der Waals surface area contributed by atoms with Gasteiger partial charge < -0.3 is 4.90 Å². The Hall–Kier alpha value is -0.300. The lowest BCUT2D eigenvalue weighted by Gasteiger charge is -2.55. The lowest BCUT2D eigenvalue weighted by atomic mass is 9.50. The van der Waals surface area contributed by atoms with E-state index in [1.54, 1.807) is 340 Å². The fourth-order valence-corrected chi connectivity index (χ4v) is 36.3. The van der Waals surface area contributed by atoms with Crippen LogP contribution in [0.1, 0.15) is 589 Å². The molecule has 31 saturated carbocycles. The number of nitrogens with zero attached hydrogens (tertiary/aromatic N) is 1. The van der Waals surface area contributed by atoms with Crippen molar-refractivity contribution in [3.8, 4) is 0 Å². The fraction of sp³-hybridized carbons (Fsp3) is 0.984. The number of fused-ring (bicyclic) bond motifs is 18. The summed E-state index contributed by atoms with van der Waals surface area (Å²) in [5.74, 6) is 35.7. The Morgan fingerprint density at radius 1 is 0.202 bits per heavy atom. The molecule has 35 rings (SSSR count). The Morgan fingerprint density at radius 2 is 0.450 bits per heavy atom. The van der Waals surface area contributed by atoms with Crippen molar-refractivity contribution in [1.82, 2.24) is 4.90 Å². The van der Waals surface area contributed by atoms with E-state index in [1.165, 1.54) is 187 Å². The van der Waals surface area contributed by atoms with Crippen molar-refractivity contribution in [1.29, 1.82) is 0 Å². The zero-order valence-corrected chi connectivity index (χ0v) is 92.7. The van der Waals surface area contributed by atoms with Gasteiger partial charge in [0.1, 0.15) is 0 Å². The van der Waals surface area contributed by atoms with Crippen LogP contribution in [0.3, 0.4) is 0 Å². The third-order valence-corrected chi connectivity index (χ3v) is 41.1. The van der Waals surface area contributed by atoms with Crippen molar-refractivity contribution in [3.63, 3.8) is 0 Å². The quantitative estimate of drug-likeness (QED) is 0.219. The Balaban J connectivity index is 0.000000171. The van der Waals surface area contributed by atoms with Crippen LogP contribution in [-0.2, 0) is 0 Å². The van der Waals surface area contributed by atoms with E-state index < -0.39 is 0 Å². The molecule has 32 aliphatic carbocycles. The number of allylic oxidation sites excluding steroid dienone is 2. The Labute approximate surface area is 814 Å². The minimum Gasteiger partial charge on any atom is -0.303 e. The summed E-state index contributed by atoms with van der Waals surface area (Å²) in [5.41, 5.74) is 1.67. The highest BCUT2D eigenvalue weighted by molar-refractivity contribution is 5.12. The minimum absolute atomic E-state index is 0.800. The van der Waals surface area contributed by atoms with E-state index >= 15 is 0 Å². The molecule has 28 bridgehead atoms.